The zero-order valence-electron chi connectivity index (χ0n) is 14.3. The lowest BCUT2D eigenvalue weighted by Crippen LogP contribution is -2.00. The Morgan fingerprint density at radius 2 is 1.93 bits per heavy atom. The first-order valence-electron chi connectivity index (χ1n) is 8.00. The molecule has 1 aromatic carbocycles. The van der Waals surface area contributed by atoms with Crippen LogP contribution in [0.25, 0.3) is 6.08 Å². The van der Waals surface area contributed by atoms with Crippen molar-refractivity contribution in [1.82, 2.24) is 4.98 Å². The minimum atomic E-state index is -0.567. The molecule has 3 rings (SSSR count). The third kappa shape index (κ3) is 5.09. The summed E-state index contributed by atoms with van der Waals surface area (Å²) in [5.41, 5.74) is 2.62. The third-order valence-electron chi connectivity index (χ3n) is 3.50. The fraction of sp³-hybridized carbons (Fsp3) is 0. The van der Waals surface area contributed by atoms with Crippen LogP contribution in [0.2, 0.25) is 5.15 Å². The number of nitro benzene ring substituents is 1. The molecule has 140 valence electrons. The maximum absolute atomic E-state index is 12.3. The Morgan fingerprint density at radius 3 is 2.71 bits per heavy atom. The molecule has 7 nitrogen and oxygen atoms in total. The van der Waals surface area contributed by atoms with Crippen molar-refractivity contribution in [3.8, 4) is 0 Å². The molecular formula is C19H13ClN4O3S. The highest BCUT2D eigenvalue weighted by Crippen LogP contribution is 2.21. The number of carbonyl (C=O) groups is 1. The fourth-order valence-electron chi connectivity index (χ4n) is 2.25. The molecular weight excluding hydrogens is 400 g/mol. The van der Waals surface area contributed by atoms with Gasteiger partial charge in [-0.3, -0.25) is 20.3 Å². The van der Waals surface area contributed by atoms with Gasteiger partial charge in [0, 0.05) is 15.8 Å². The number of pyridine rings is 1. The third-order valence-corrected chi connectivity index (χ3v) is 4.69. The Kier molecular flexibility index (Phi) is 6.25. The highest BCUT2D eigenvalue weighted by molar-refractivity contribution is 7.14. The summed E-state index contributed by atoms with van der Waals surface area (Å²) in [4.78, 5) is 28.4. The lowest BCUT2D eigenvalue weighted by Gasteiger charge is -1.98. The monoisotopic (exact) mass is 412 g/mol. The first-order chi connectivity index (χ1) is 13.5. The van der Waals surface area contributed by atoms with Gasteiger partial charge in [-0.1, -0.05) is 29.8 Å². The predicted molar refractivity (Wildman–Crippen MR) is 111 cm³/mol. The number of hydrogen-bond acceptors (Lipinski definition) is 7. The van der Waals surface area contributed by atoms with E-state index in [0.29, 0.717) is 11.0 Å². The number of allylic oxidation sites excluding steroid dienone is 1. The van der Waals surface area contributed by atoms with Crippen molar-refractivity contribution in [2.45, 2.75) is 0 Å². The van der Waals surface area contributed by atoms with Crippen LogP contribution < -0.4 is 5.43 Å². The van der Waals surface area contributed by atoms with Crippen molar-refractivity contribution < 1.29 is 9.72 Å². The van der Waals surface area contributed by atoms with Crippen LogP contribution in [0.5, 0.6) is 0 Å². The molecule has 2 heterocycles. The van der Waals surface area contributed by atoms with Crippen LogP contribution in [-0.4, -0.2) is 21.9 Å². The van der Waals surface area contributed by atoms with Crippen molar-refractivity contribution in [1.29, 1.82) is 0 Å². The van der Waals surface area contributed by atoms with Crippen LogP contribution in [0.15, 0.2) is 65.8 Å². The molecule has 1 N–H and O–H groups in total. The van der Waals surface area contributed by atoms with E-state index >= 15 is 0 Å². The smallest absolute Gasteiger partial charge is 0.280 e. The van der Waals surface area contributed by atoms with E-state index in [9.17, 15) is 14.9 Å². The SMILES string of the molecule is O=C(C=Cc1ccc(C=NNc2cccc(Cl)n2)s1)c1ccccc1[N+](=O)[O-]. The molecule has 0 unspecified atom stereocenters. The summed E-state index contributed by atoms with van der Waals surface area (Å²) in [6, 6.07) is 14.7. The van der Waals surface area contributed by atoms with Gasteiger partial charge in [-0.2, -0.15) is 5.10 Å². The Morgan fingerprint density at radius 1 is 1.14 bits per heavy atom. The standard InChI is InChI=1S/C19H13ClN4O3S/c20-18-6-3-7-19(22-18)23-21-12-14-9-8-13(28-14)10-11-17(25)15-4-1-2-5-16(15)24(26)27/h1-12H,(H,22,23). The minimum Gasteiger partial charge on any atom is -0.289 e. The quantitative estimate of drug-likeness (QED) is 0.146. The topological polar surface area (TPSA) is 97.5 Å². The van der Waals surface area contributed by atoms with E-state index < -0.39 is 10.7 Å². The van der Waals surface area contributed by atoms with Crippen molar-refractivity contribution in [3.05, 3.63) is 91.3 Å². The molecule has 0 radical (unpaired) electrons. The lowest BCUT2D eigenvalue weighted by atomic mass is 10.1. The summed E-state index contributed by atoms with van der Waals surface area (Å²) >= 11 is 7.21. The summed E-state index contributed by atoms with van der Waals surface area (Å²) in [6.45, 7) is 0. The zero-order valence-corrected chi connectivity index (χ0v) is 15.9. The lowest BCUT2D eigenvalue weighted by molar-refractivity contribution is -0.385. The largest absolute Gasteiger partial charge is 0.289 e. The van der Waals surface area contributed by atoms with E-state index in [4.69, 9.17) is 11.6 Å². The highest BCUT2D eigenvalue weighted by Gasteiger charge is 2.16. The average molecular weight is 413 g/mol. The number of halogens is 1. The van der Waals surface area contributed by atoms with E-state index in [1.807, 2.05) is 12.1 Å². The Bertz CT molecular complexity index is 1080. The van der Waals surface area contributed by atoms with Gasteiger partial charge in [-0.25, -0.2) is 4.98 Å². The number of ketones is 1. The number of nitro groups is 1. The highest BCUT2D eigenvalue weighted by atomic mass is 35.5. The number of nitrogens with one attached hydrogen (secondary N) is 1. The van der Waals surface area contributed by atoms with Crippen molar-refractivity contribution in [2.24, 2.45) is 5.10 Å². The predicted octanol–water partition coefficient (Wildman–Crippen LogP) is 5.05. The number of thiophene rings is 1. The number of aromatic nitrogens is 1. The molecule has 0 spiro atoms. The van der Waals surface area contributed by atoms with Gasteiger partial charge < -0.3 is 0 Å². The number of anilines is 1. The molecule has 0 amide bonds. The molecule has 9 heteroatoms. The van der Waals surface area contributed by atoms with Crippen LogP contribution in [0.4, 0.5) is 11.5 Å². The minimum absolute atomic E-state index is 0.0558. The Balaban J connectivity index is 1.65. The maximum Gasteiger partial charge on any atom is 0.280 e. The molecule has 0 aliphatic rings. The molecule has 0 atom stereocenters. The fourth-order valence-corrected chi connectivity index (χ4v) is 3.20. The zero-order chi connectivity index (χ0) is 19.9. The molecule has 3 aromatic rings. The van der Waals surface area contributed by atoms with Gasteiger partial charge >= 0.3 is 0 Å². The van der Waals surface area contributed by atoms with Crippen LogP contribution in [-0.2, 0) is 0 Å². The van der Waals surface area contributed by atoms with Gasteiger partial charge in [-0.15, -0.1) is 11.3 Å². The summed E-state index contributed by atoms with van der Waals surface area (Å²) < 4.78 is 0. The number of hydrazone groups is 1. The second kappa shape index (κ2) is 9.03. The van der Waals surface area contributed by atoms with Gasteiger partial charge in [-0.05, 0) is 42.5 Å². The van der Waals surface area contributed by atoms with Gasteiger partial charge in [0.1, 0.15) is 11.0 Å². The molecule has 0 saturated carbocycles. The molecule has 0 fully saturated rings. The summed E-state index contributed by atoms with van der Waals surface area (Å²) in [7, 11) is 0. The van der Waals surface area contributed by atoms with Gasteiger partial charge in [0.15, 0.2) is 5.78 Å². The van der Waals surface area contributed by atoms with Gasteiger partial charge in [0.25, 0.3) is 5.69 Å². The van der Waals surface area contributed by atoms with Crippen molar-refractivity contribution in [2.75, 3.05) is 5.43 Å². The number of carbonyl (C=O) groups excluding carboxylic acids is 1. The molecule has 0 saturated heterocycles. The van der Waals surface area contributed by atoms with E-state index in [-0.39, 0.29) is 11.3 Å². The first-order valence-corrected chi connectivity index (χ1v) is 9.19. The second-order valence-electron chi connectivity index (χ2n) is 5.43. The van der Waals surface area contributed by atoms with E-state index in [1.54, 1.807) is 36.6 Å². The number of hydrogen-bond donors (Lipinski definition) is 1. The van der Waals surface area contributed by atoms with Gasteiger partial charge in [0.05, 0.1) is 16.7 Å². The molecule has 28 heavy (non-hydrogen) atoms. The summed E-state index contributed by atoms with van der Waals surface area (Å²) in [5.74, 6) is 0.0973. The van der Waals surface area contributed by atoms with Crippen LogP contribution in [0.1, 0.15) is 20.1 Å². The van der Waals surface area contributed by atoms with Crippen molar-refractivity contribution in [3.63, 3.8) is 0 Å². The molecule has 0 aliphatic heterocycles. The normalized spacial score (nSPS) is 11.2. The van der Waals surface area contributed by atoms with E-state index in [2.05, 4.69) is 15.5 Å². The van der Waals surface area contributed by atoms with Crippen LogP contribution >= 0.6 is 22.9 Å². The van der Waals surface area contributed by atoms with E-state index in [1.165, 1.54) is 35.6 Å². The Hall–Kier alpha value is -3.36. The maximum atomic E-state index is 12.3. The first kappa shape index (κ1) is 19.4. The molecule has 0 bridgehead atoms. The van der Waals surface area contributed by atoms with E-state index in [0.717, 1.165) is 9.75 Å². The van der Waals surface area contributed by atoms with Crippen LogP contribution in [0, 0.1) is 10.1 Å². The average Bonchev–Trinajstić information content (AvgIpc) is 3.14. The number of para-hydroxylation sites is 1. The second-order valence-corrected chi connectivity index (χ2v) is 6.96. The van der Waals surface area contributed by atoms with Crippen LogP contribution in [0.3, 0.4) is 0 Å². The number of benzene rings is 1. The number of nitrogens with zero attached hydrogens (tertiary/aromatic N) is 3. The number of rotatable bonds is 7. The van der Waals surface area contributed by atoms with Gasteiger partial charge in [0.2, 0.25) is 0 Å². The summed E-state index contributed by atoms with van der Waals surface area (Å²) in [5, 5.41) is 15.5. The van der Waals surface area contributed by atoms with Crippen molar-refractivity contribution >= 4 is 52.5 Å². The molecule has 0 aliphatic carbocycles. The Labute approximate surface area is 169 Å². The summed E-state index contributed by atoms with van der Waals surface area (Å²) in [6.07, 6.45) is 4.56. The molecule has 2 aromatic heterocycles.